The highest BCUT2D eigenvalue weighted by molar-refractivity contribution is 5.95. The number of carbonyl (C=O) groups is 2. The average molecular weight is 250 g/mol. The van der Waals surface area contributed by atoms with Crippen LogP contribution in [0.1, 0.15) is 11.1 Å². The van der Waals surface area contributed by atoms with Gasteiger partial charge in [-0.25, -0.2) is 0 Å². The number of carbonyl (C=O) groups excluding carboxylic acids is 2. The van der Waals surface area contributed by atoms with E-state index in [1.807, 2.05) is 32.0 Å². The second-order valence-electron chi connectivity index (χ2n) is 4.20. The lowest BCUT2D eigenvalue weighted by Crippen LogP contribution is -2.36. The van der Waals surface area contributed by atoms with Gasteiger partial charge in [0.1, 0.15) is 6.61 Å². The van der Waals surface area contributed by atoms with Crippen molar-refractivity contribution >= 4 is 17.5 Å². The van der Waals surface area contributed by atoms with Crippen LogP contribution in [0.4, 0.5) is 5.69 Å². The summed E-state index contributed by atoms with van der Waals surface area (Å²) >= 11 is 0. The van der Waals surface area contributed by atoms with E-state index in [4.69, 9.17) is 5.11 Å². The first kappa shape index (κ1) is 14.2. The maximum Gasteiger partial charge on any atom is 0.248 e. The number of likely N-dealkylation sites (N-methyl/N-ethyl adjacent to an activating group) is 1. The Bertz CT molecular complexity index is 458. The van der Waals surface area contributed by atoms with E-state index in [2.05, 4.69) is 5.32 Å². The fourth-order valence-electron chi connectivity index (χ4n) is 1.50. The van der Waals surface area contributed by atoms with E-state index in [1.165, 1.54) is 11.9 Å². The Labute approximate surface area is 106 Å². The van der Waals surface area contributed by atoms with Gasteiger partial charge in [-0.1, -0.05) is 12.1 Å². The van der Waals surface area contributed by atoms with Crippen molar-refractivity contribution in [2.24, 2.45) is 0 Å². The van der Waals surface area contributed by atoms with E-state index in [1.54, 1.807) is 0 Å². The molecule has 2 amide bonds. The van der Waals surface area contributed by atoms with Gasteiger partial charge in [0.2, 0.25) is 11.8 Å². The van der Waals surface area contributed by atoms with Crippen molar-refractivity contribution in [3.8, 4) is 0 Å². The molecule has 98 valence electrons. The number of benzene rings is 1. The molecule has 0 fully saturated rings. The van der Waals surface area contributed by atoms with Gasteiger partial charge in [-0.05, 0) is 31.0 Å². The minimum Gasteiger partial charge on any atom is -0.387 e. The number of nitrogens with zero attached hydrogens (tertiary/aromatic N) is 1. The highest BCUT2D eigenvalue weighted by Gasteiger charge is 2.12. The number of amides is 2. The summed E-state index contributed by atoms with van der Waals surface area (Å²) in [5.74, 6) is -0.765. The standard InChI is InChI=1S/C13H18N2O3/c1-9-5-4-6-11(10(9)2)14-12(17)7-15(3)13(18)8-16/h4-6,16H,7-8H2,1-3H3,(H,14,17). The highest BCUT2D eigenvalue weighted by atomic mass is 16.3. The molecule has 0 unspecified atom stereocenters. The minimum absolute atomic E-state index is 0.0766. The Kier molecular flexibility index (Phi) is 4.85. The van der Waals surface area contributed by atoms with E-state index in [0.717, 1.165) is 16.8 Å². The highest BCUT2D eigenvalue weighted by Crippen LogP contribution is 2.17. The minimum atomic E-state index is -0.590. The molecular formula is C13H18N2O3. The van der Waals surface area contributed by atoms with Gasteiger partial charge in [-0.3, -0.25) is 9.59 Å². The fraction of sp³-hybridized carbons (Fsp3) is 0.385. The molecular weight excluding hydrogens is 232 g/mol. The number of anilines is 1. The molecule has 0 spiro atoms. The third-order valence-electron chi connectivity index (χ3n) is 2.82. The molecule has 5 nitrogen and oxygen atoms in total. The number of aliphatic hydroxyl groups is 1. The van der Waals surface area contributed by atoms with Crippen LogP contribution in [0.2, 0.25) is 0 Å². The van der Waals surface area contributed by atoms with E-state index >= 15 is 0 Å². The Hall–Kier alpha value is -1.88. The normalized spacial score (nSPS) is 10.0. The van der Waals surface area contributed by atoms with E-state index < -0.39 is 12.5 Å². The summed E-state index contributed by atoms with van der Waals surface area (Å²) in [5, 5.41) is 11.4. The van der Waals surface area contributed by atoms with Crippen molar-refractivity contribution in [3.63, 3.8) is 0 Å². The first-order valence-electron chi connectivity index (χ1n) is 5.66. The molecule has 0 radical (unpaired) electrons. The van der Waals surface area contributed by atoms with Crippen molar-refractivity contribution in [1.82, 2.24) is 4.90 Å². The van der Waals surface area contributed by atoms with Crippen molar-refractivity contribution in [2.45, 2.75) is 13.8 Å². The maximum absolute atomic E-state index is 11.7. The van der Waals surface area contributed by atoms with Gasteiger partial charge in [0.05, 0.1) is 6.54 Å². The third-order valence-corrected chi connectivity index (χ3v) is 2.82. The molecule has 5 heteroatoms. The van der Waals surface area contributed by atoms with Gasteiger partial charge in [0, 0.05) is 12.7 Å². The molecule has 0 aliphatic rings. The topological polar surface area (TPSA) is 69.6 Å². The van der Waals surface area contributed by atoms with Crippen LogP contribution in [0, 0.1) is 13.8 Å². The largest absolute Gasteiger partial charge is 0.387 e. The summed E-state index contributed by atoms with van der Waals surface area (Å²) in [4.78, 5) is 24.0. The van der Waals surface area contributed by atoms with Crippen molar-refractivity contribution in [1.29, 1.82) is 0 Å². The van der Waals surface area contributed by atoms with E-state index in [9.17, 15) is 9.59 Å². The van der Waals surface area contributed by atoms with Gasteiger partial charge in [-0.2, -0.15) is 0 Å². The molecule has 1 rings (SSSR count). The lowest BCUT2D eigenvalue weighted by molar-refractivity contribution is -0.135. The Morgan fingerprint density at radius 3 is 2.61 bits per heavy atom. The van der Waals surface area contributed by atoms with Gasteiger partial charge in [0.15, 0.2) is 0 Å². The number of hydrogen-bond donors (Lipinski definition) is 2. The second-order valence-corrected chi connectivity index (χ2v) is 4.20. The SMILES string of the molecule is Cc1cccc(NC(=O)CN(C)C(=O)CO)c1C. The van der Waals surface area contributed by atoms with Crippen LogP contribution in [-0.2, 0) is 9.59 Å². The molecule has 2 N–H and O–H groups in total. The zero-order valence-corrected chi connectivity index (χ0v) is 10.9. The van der Waals surface area contributed by atoms with Crippen LogP contribution in [0.25, 0.3) is 0 Å². The van der Waals surface area contributed by atoms with Crippen LogP contribution in [0.3, 0.4) is 0 Å². The summed E-state index contributed by atoms with van der Waals surface area (Å²) in [7, 11) is 1.47. The lowest BCUT2D eigenvalue weighted by Gasteiger charge is -2.16. The zero-order valence-electron chi connectivity index (χ0n) is 10.9. The van der Waals surface area contributed by atoms with E-state index in [0.29, 0.717) is 0 Å². The molecule has 0 heterocycles. The molecule has 0 saturated heterocycles. The lowest BCUT2D eigenvalue weighted by atomic mass is 10.1. The van der Waals surface area contributed by atoms with Gasteiger partial charge >= 0.3 is 0 Å². The van der Waals surface area contributed by atoms with Crippen LogP contribution < -0.4 is 5.32 Å². The monoisotopic (exact) mass is 250 g/mol. The van der Waals surface area contributed by atoms with Gasteiger partial charge in [0.25, 0.3) is 0 Å². The van der Waals surface area contributed by atoms with Crippen LogP contribution in [0.15, 0.2) is 18.2 Å². The Morgan fingerprint density at radius 2 is 2.00 bits per heavy atom. The van der Waals surface area contributed by atoms with Crippen LogP contribution in [0.5, 0.6) is 0 Å². The molecule has 0 aromatic heterocycles. The number of rotatable bonds is 4. The van der Waals surface area contributed by atoms with E-state index in [-0.39, 0.29) is 12.5 Å². The molecule has 0 atom stereocenters. The average Bonchev–Trinajstić information content (AvgIpc) is 2.33. The summed E-state index contributed by atoms with van der Waals surface area (Å²) in [5.41, 5.74) is 2.83. The smallest absolute Gasteiger partial charge is 0.248 e. The second kappa shape index (κ2) is 6.16. The summed E-state index contributed by atoms with van der Waals surface area (Å²) in [6.07, 6.45) is 0. The molecule has 18 heavy (non-hydrogen) atoms. The summed E-state index contributed by atoms with van der Waals surface area (Å²) in [6.45, 7) is 3.22. The number of nitrogens with one attached hydrogen (secondary N) is 1. The third kappa shape index (κ3) is 3.56. The predicted molar refractivity (Wildman–Crippen MR) is 69.3 cm³/mol. The van der Waals surface area contributed by atoms with Crippen LogP contribution >= 0.6 is 0 Å². The Morgan fingerprint density at radius 1 is 1.33 bits per heavy atom. The number of aliphatic hydroxyl groups excluding tert-OH is 1. The van der Waals surface area contributed by atoms with Gasteiger partial charge in [-0.15, -0.1) is 0 Å². The summed E-state index contributed by atoms with van der Waals surface area (Å²) < 4.78 is 0. The zero-order chi connectivity index (χ0) is 13.7. The fourth-order valence-corrected chi connectivity index (χ4v) is 1.50. The first-order chi connectivity index (χ1) is 8.45. The number of aryl methyl sites for hydroxylation is 1. The van der Waals surface area contributed by atoms with Crippen molar-refractivity contribution < 1.29 is 14.7 Å². The molecule has 0 aliphatic carbocycles. The number of hydrogen-bond acceptors (Lipinski definition) is 3. The quantitative estimate of drug-likeness (QED) is 0.826. The molecule has 0 bridgehead atoms. The van der Waals surface area contributed by atoms with Crippen molar-refractivity contribution in [2.75, 3.05) is 25.5 Å². The molecule has 0 aliphatic heterocycles. The van der Waals surface area contributed by atoms with Gasteiger partial charge < -0.3 is 15.3 Å². The Balaban J connectivity index is 2.65. The first-order valence-corrected chi connectivity index (χ1v) is 5.66. The predicted octanol–water partition coefficient (Wildman–Crippen LogP) is 0.693. The maximum atomic E-state index is 11.7. The molecule has 1 aromatic carbocycles. The van der Waals surface area contributed by atoms with Crippen LogP contribution in [-0.4, -0.2) is 42.0 Å². The van der Waals surface area contributed by atoms with Crippen molar-refractivity contribution in [3.05, 3.63) is 29.3 Å². The summed E-state index contributed by atoms with van der Waals surface area (Å²) in [6, 6.07) is 5.64. The molecule has 1 aromatic rings. The molecule has 0 saturated carbocycles.